The molecule has 3 N–H and O–H groups in total. The minimum Gasteiger partial charge on any atom is -0.449 e. The van der Waals surface area contributed by atoms with Gasteiger partial charge in [-0.1, -0.05) is 66.7 Å². The van der Waals surface area contributed by atoms with Crippen LogP contribution in [0.5, 0.6) is 0 Å². The maximum absolute atomic E-state index is 12.8. The Morgan fingerprint density at radius 1 is 0.919 bits per heavy atom. The molecule has 3 aromatic carbocycles. The minimum absolute atomic E-state index is 0.00559. The van der Waals surface area contributed by atoms with Gasteiger partial charge in [0.15, 0.2) is 0 Å². The highest BCUT2D eigenvalue weighted by Gasteiger charge is 2.52. The van der Waals surface area contributed by atoms with Crippen molar-refractivity contribution in [2.45, 2.75) is 44.8 Å². The molecule has 7 heteroatoms. The number of benzene rings is 3. The van der Waals surface area contributed by atoms with E-state index in [0.717, 1.165) is 11.0 Å². The lowest BCUT2D eigenvalue weighted by Gasteiger charge is -2.32. The van der Waals surface area contributed by atoms with Gasteiger partial charge in [-0.3, -0.25) is 0 Å². The number of amides is 1. The van der Waals surface area contributed by atoms with Crippen LogP contribution in [-0.4, -0.2) is 37.6 Å². The number of hydrogen-bond donors (Lipinski definition) is 2. The summed E-state index contributed by atoms with van der Waals surface area (Å²) in [5, 5.41) is 2.90. The predicted octanol–water partition coefficient (Wildman–Crippen LogP) is 5.82. The molecule has 0 bridgehead atoms. The lowest BCUT2D eigenvalue weighted by atomic mass is 9.77. The molecule has 0 spiro atoms. The Morgan fingerprint density at radius 3 is 2.03 bits per heavy atom. The largest absolute Gasteiger partial charge is 0.492 e. The van der Waals surface area contributed by atoms with Gasteiger partial charge in [-0.2, -0.15) is 0 Å². The summed E-state index contributed by atoms with van der Waals surface area (Å²) in [6.45, 7) is 8.50. The number of nitrogens with two attached hydrogens (primary N) is 1. The fraction of sp³-hybridized carbons (Fsp3) is 0.300. The summed E-state index contributed by atoms with van der Waals surface area (Å²) in [7, 11) is -0.601. The smallest absolute Gasteiger partial charge is 0.449 e. The molecular weight excluding hydrogens is 463 g/mol. The first-order valence-electron chi connectivity index (χ1n) is 12.7. The van der Waals surface area contributed by atoms with E-state index in [1.54, 1.807) is 0 Å². The first-order chi connectivity index (χ1) is 17.6. The summed E-state index contributed by atoms with van der Waals surface area (Å²) in [5.74, 6) is 0.00559. The van der Waals surface area contributed by atoms with Gasteiger partial charge < -0.3 is 25.1 Å². The first-order valence-corrected chi connectivity index (χ1v) is 12.7. The van der Waals surface area contributed by atoms with E-state index in [0.29, 0.717) is 5.69 Å². The summed E-state index contributed by atoms with van der Waals surface area (Å²) in [6, 6.07) is 24.1. The molecule has 6 nitrogen and oxygen atoms in total. The lowest BCUT2D eigenvalue weighted by Crippen LogP contribution is -2.41. The number of carbonyl (C=O) groups excluding carboxylic acids is 1. The van der Waals surface area contributed by atoms with E-state index in [-0.39, 0.29) is 19.1 Å². The molecular formula is C30H33BN2O4. The SMILES string of the molecule is CC1(C)OB(C(=Cc2ccc(N)cc2)CNC(=O)OCC2c3ccccc3-c3ccccc32)OC1(C)C. The van der Waals surface area contributed by atoms with Crippen LogP contribution in [0.4, 0.5) is 10.5 Å². The highest BCUT2D eigenvalue weighted by Crippen LogP contribution is 2.44. The molecule has 1 amide bonds. The van der Waals surface area contributed by atoms with Gasteiger partial charge in [-0.05, 0) is 73.1 Å². The standard InChI is InChI=1S/C30H33BN2O4/c1-29(2)30(3,4)37-31(36-29)21(17-20-13-15-22(32)16-14-20)18-33-28(34)35-19-27-25-11-7-5-9-23(25)24-10-6-8-12-26(24)27/h5-17,27H,18-19,32H2,1-4H3,(H,33,34). The summed E-state index contributed by atoms with van der Waals surface area (Å²) < 4.78 is 18.3. The van der Waals surface area contributed by atoms with Crippen molar-refractivity contribution in [3.8, 4) is 11.1 Å². The average Bonchev–Trinajstić information content (AvgIpc) is 3.30. The van der Waals surface area contributed by atoms with Gasteiger partial charge in [-0.25, -0.2) is 4.79 Å². The molecule has 2 aliphatic rings. The molecule has 1 saturated heterocycles. The third-order valence-electron chi connectivity index (χ3n) is 7.63. The molecule has 1 heterocycles. The molecule has 0 saturated carbocycles. The molecule has 190 valence electrons. The van der Waals surface area contributed by atoms with Crippen molar-refractivity contribution in [1.29, 1.82) is 0 Å². The number of anilines is 1. The van der Waals surface area contributed by atoms with Crippen molar-refractivity contribution in [1.82, 2.24) is 5.32 Å². The summed E-state index contributed by atoms with van der Waals surface area (Å²) in [6.07, 6.45) is 1.48. The fourth-order valence-corrected chi connectivity index (χ4v) is 4.83. The van der Waals surface area contributed by atoms with Crippen LogP contribution in [0.15, 0.2) is 78.3 Å². The molecule has 1 aliphatic carbocycles. The third-order valence-corrected chi connectivity index (χ3v) is 7.63. The van der Waals surface area contributed by atoms with Gasteiger partial charge in [0.05, 0.1) is 11.2 Å². The Morgan fingerprint density at radius 2 is 1.46 bits per heavy atom. The van der Waals surface area contributed by atoms with E-state index in [1.165, 1.54) is 22.3 Å². The van der Waals surface area contributed by atoms with Crippen LogP contribution in [0.2, 0.25) is 0 Å². The number of alkyl carbamates (subject to hydrolysis) is 1. The van der Waals surface area contributed by atoms with Crippen molar-refractivity contribution >= 4 is 25.0 Å². The minimum atomic E-state index is -0.601. The topological polar surface area (TPSA) is 82.8 Å². The average molecular weight is 496 g/mol. The molecule has 0 atom stereocenters. The Balaban J connectivity index is 1.29. The van der Waals surface area contributed by atoms with Crippen LogP contribution in [0, 0.1) is 0 Å². The molecule has 1 aliphatic heterocycles. The van der Waals surface area contributed by atoms with E-state index < -0.39 is 24.4 Å². The van der Waals surface area contributed by atoms with Gasteiger partial charge in [-0.15, -0.1) is 0 Å². The number of nitrogens with one attached hydrogen (secondary N) is 1. The molecule has 3 aromatic rings. The van der Waals surface area contributed by atoms with Gasteiger partial charge in [0.25, 0.3) is 0 Å². The number of nitrogen functional groups attached to an aromatic ring is 1. The van der Waals surface area contributed by atoms with Crippen molar-refractivity contribution in [2.24, 2.45) is 0 Å². The van der Waals surface area contributed by atoms with E-state index >= 15 is 0 Å². The van der Waals surface area contributed by atoms with E-state index in [4.69, 9.17) is 19.8 Å². The molecule has 0 unspecified atom stereocenters. The maximum atomic E-state index is 12.8. The second kappa shape index (κ2) is 9.73. The number of ether oxygens (including phenoxy) is 1. The molecule has 1 fully saturated rings. The van der Waals surface area contributed by atoms with Crippen molar-refractivity contribution < 1.29 is 18.8 Å². The zero-order valence-electron chi connectivity index (χ0n) is 21.8. The summed E-state index contributed by atoms with van der Waals surface area (Å²) >= 11 is 0. The van der Waals surface area contributed by atoms with Crippen LogP contribution in [0.1, 0.15) is 50.3 Å². The van der Waals surface area contributed by atoms with Crippen molar-refractivity contribution in [3.05, 3.63) is 95.0 Å². The zero-order chi connectivity index (χ0) is 26.2. The maximum Gasteiger partial charge on any atom is 0.492 e. The van der Waals surface area contributed by atoms with Gasteiger partial charge in [0.2, 0.25) is 0 Å². The second-order valence-corrected chi connectivity index (χ2v) is 10.7. The van der Waals surface area contributed by atoms with Crippen LogP contribution in [-0.2, 0) is 14.0 Å². The highest BCUT2D eigenvalue weighted by atomic mass is 16.7. The van der Waals surface area contributed by atoms with Gasteiger partial charge in [0, 0.05) is 18.2 Å². The van der Waals surface area contributed by atoms with Crippen LogP contribution in [0.3, 0.4) is 0 Å². The molecule has 0 radical (unpaired) electrons. The van der Waals surface area contributed by atoms with Crippen molar-refractivity contribution in [2.75, 3.05) is 18.9 Å². The molecule has 0 aromatic heterocycles. The van der Waals surface area contributed by atoms with E-state index in [9.17, 15) is 4.79 Å². The Hall–Kier alpha value is -3.55. The molecule has 37 heavy (non-hydrogen) atoms. The van der Waals surface area contributed by atoms with Crippen molar-refractivity contribution in [3.63, 3.8) is 0 Å². The highest BCUT2D eigenvalue weighted by molar-refractivity contribution is 6.56. The summed E-state index contributed by atoms with van der Waals surface area (Å²) in [4.78, 5) is 12.8. The number of carbonyl (C=O) groups is 1. The van der Waals surface area contributed by atoms with Crippen LogP contribution >= 0.6 is 0 Å². The van der Waals surface area contributed by atoms with E-state index in [1.807, 2.05) is 82.3 Å². The monoisotopic (exact) mass is 496 g/mol. The second-order valence-electron chi connectivity index (χ2n) is 10.7. The normalized spacial score (nSPS) is 17.8. The van der Waals surface area contributed by atoms with E-state index in [2.05, 4.69) is 29.6 Å². The number of fused-ring (bicyclic) bond motifs is 3. The van der Waals surface area contributed by atoms with Crippen LogP contribution < -0.4 is 11.1 Å². The Labute approximate surface area is 219 Å². The zero-order valence-corrected chi connectivity index (χ0v) is 21.8. The third kappa shape index (κ3) is 5.02. The first kappa shape index (κ1) is 25.1. The fourth-order valence-electron chi connectivity index (χ4n) is 4.83. The quantitative estimate of drug-likeness (QED) is 0.332. The predicted molar refractivity (Wildman–Crippen MR) is 148 cm³/mol. The summed E-state index contributed by atoms with van der Waals surface area (Å²) in [5.41, 5.74) is 12.0. The Kier molecular flexibility index (Phi) is 6.60. The van der Waals surface area contributed by atoms with Gasteiger partial charge in [0.1, 0.15) is 6.61 Å². The number of hydrogen-bond acceptors (Lipinski definition) is 5. The number of rotatable bonds is 6. The van der Waals surface area contributed by atoms with Gasteiger partial charge >= 0.3 is 13.2 Å². The Bertz CT molecular complexity index is 1270. The van der Waals surface area contributed by atoms with Crippen LogP contribution in [0.25, 0.3) is 17.2 Å². The lowest BCUT2D eigenvalue weighted by molar-refractivity contribution is 0.00578. The molecule has 5 rings (SSSR count).